The van der Waals surface area contributed by atoms with Gasteiger partial charge >= 0.3 is 0 Å². The van der Waals surface area contributed by atoms with E-state index in [9.17, 15) is 5.26 Å². The predicted octanol–water partition coefficient (Wildman–Crippen LogP) is 30.1. The third kappa shape index (κ3) is 21.0. The number of fused-ring (bicyclic) bond motifs is 8. The molecular formula is C121H110N8O10S. The molecule has 18 nitrogen and oxygen atoms in total. The third-order valence-corrected chi connectivity index (χ3v) is 26.8. The van der Waals surface area contributed by atoms with Crippen molar-refractivity contribution < 1.29 is 46.7 Å². The van der Waals surface area contributed by atoms with Gasteiger partial charge in [-0.15, -0.1) is 0 Å². The topological polar surface area (TPSA) is 196 Å². The largest absolute Gasteiger partial charge is 0.462 e. The lowest BCUT2D eigenvalue weighted by molar-refractivity contribution is 0.313. The summed E-state index contributed by atoms with van der Waals surface area (Å²) in [5.41, 5.74) is 28.4. The van der Waals surface area contributed by atoms with Crippen molar-refractivity contribution in [2.24, 2.45) is 4.99 Å². The van der Waals surface area contributed by atoms with Crippen molar-refractivity contribution in [3.8, 4) is 46.1 Å². The van der Waals surface area contributed by atoms with Crippen LogP contribution in [-0.2, 0) is 38.3 Å². The molecule has 10 aromatic rings. The van der Waals surface area contributed by atoms with Crippen LogP contribution in [0.1, 0.15) is 159 Å². The van der Waals surface area contributed by atoms with Crippen LogP contribution in [0.2, 0.25) is 0 Å². The molecule has 0 saturated heterocycles. The van der Waals surface area contributed by atoms with Gasteiger partial charge in [0.2, 0.25) is 5.89 Å². The Labute approximate surface area is 821 Å². The Bertz CT molecular complexity index is 7650. The van der Waals surface area contributed by atoms with Crippen molar-refractivity contribution in [3.63, 3.8) is 0 Å². The minimum Gasteiger partial charge on any atom is -0.462 e. The summed E-state index contributed by atoms with van der Waals surface area (Å²) in [5, 5.41) is 14.8. The number of aryl methyl sites for hydroxylation is 2. The first-order chi connectivity index (χ1) is 68.0. The summed E-state index contributed by atoms with van der Waals surface area (Å²) in [5.74, 6) is 15.4. The molecule has 8 aromatic carbocycles. The highest BCUT2D eigenvalue weighted by molar-refractivity contribution is 8.03. The lowest BCUT2D eigenvalue weighted by Gasteiger charge is -2.39. The van der Waals surface area contributed by atoms with E-state index in [1.54, 1.807) is 18.7 Å². The van der Waals surface area contributed by atoms with Gasteiger partial charge in [-0.3, -0.25) is 4.99 Å². The summed E-state index contributed by atoms with van der Waals surface area (Å²) in [6.07, 6.45) is 34.5. The molecule has 12 aliphatic rings. The number of aromatic amines is 1. The van der Waals surface area contributed by atoms with E-state index in [1.807, 2.05) is 224 Å². The summed E-state index contributed by atoms with van der Waals surface area (Å²) in [6, 6.07) is 69.2. The van der Waals surface area contributed by atoms with Gasteiger partial charge in [0.1, 0.15) is 115 Å². The van der Waals surface area contributed by atoms with Gasteiger partial charge in [-0.2, -0.15) is 5.26 Å². The Hall–Kier alpha value is -16.2. The van der Waals surface area contributed by atoms with E-state index in [1.165, 1.54) is 56.8 Å². The summed E-state index contributed by atoms with van der Waals surface area (Å²) in [4.78, 5) is 23.8. The highest BCUT2D eigenvalue weighted by Crippen LogP contribution is 2.50. The highest BCUT2D eigenvalue weighted by Gasteiger charge is 2.33. The number of hydrogen-bond donors (Lipinski definition) is 2. The number of anilines is 3. The van der Waals surface area contributed by atoms with E-state index < -0.39 is 0 Å². The molecule has 0 atom stereocenters. The molecule has 0 unspecified atom stereocenters. The number of aromatic nitrogens is 3. The first-order valence-electron chi connectivity index (χ1n) is 47.7. The van der Waals surface area contributed by atoms with Gasteiger partial charge in [-0.25, -0.2) is 9.97 Å². The fourth-order valence-corrected chi connectivity index (χ4v) is 19.5. The Balaban J connectivity index is 0.000000119. The number of oxazole rings is 1. The fraction of sp³-hybridized carbons (Fsp3) is 0.190. The summed E-state index contributed by atoms with van der Waals surface area (Å²) < 4.78 is 61.3. The number of thioether (sulfide) groups is 1. The van der Waals surface area contributed by atoms with E-state index in [-0.39, 0.29) is 0 Å². The number of allylic oxidation sites excluding steroid dienone is 29. The molecule has 22 rings (SSSR count). The minimum absolute atomic E-state index is 0.609. The van der Waals surface area contributed by atoms with Crippen molar-refractivity contribution in [1.29, 1.82) is 5.26 Å². The SMILES string of the molecule is CC1=C/C(=C(\C)C#N)C=C(/C=C2\C=C(C)c3ccc(Oc4ccccc4)cc3O2)O1.CC1=C/C(=C(\C)c2nc3ccccc3[nH]2)C=C(/C=C2\C=C(C)c3cc4c5c(c3O2)CCCN5CCC4)O1.CC1=CC(C(C)=C2Nc3ccccc3S2)=CC(=Cc2cc(C)c3ccc(=NCc4ccccc4)cc-3o2)O1.CCN(CC)c1ccc2c(c1)O/C(=C/C1=CC(=C(/C)c3nc4ccccc4o3)/C=C(C)O1)C=C2C. The van der Waals surface area contributed by atoms with Crippen molar-refractivity contribution in [1.82, 2.24) is 15.0 Å². The Morgan fingerprint density at radius 1 is 0.507 bits per heavy atom. The zero-order valence-corrected chi connectivity index (χ0v) is 82.1. The van der Waals surface area contributed by atoms with Crippen LogP contribution in [0.25, 0.3) is 67.4 Å². The second kappa shape index (κ2) is 41.0. The van der Waals surface area contributed by atoms with Gasteiger partial charge in [0.05, 0.1) is 39.7 Å². The Morgan fingerprint density at radius 2 is 1.10 bits per heavy atom. The molecule has 13 heterocycles. The quantitative estimate of drug-likeness (QED) is 0.0974. The van der Waals surface area contributed by atoms with Crippen LogP contribution < -0.4 is 39.4 Å². The van der Waals surface area contributed by atoms with E-state index in [0.717, 1.165) is 236 Å². The summed E-state index contributed by atoms with van der Waals surface area (Å²) in [7, 11) is 0. The van der Waals surface area contributed by atoms with Gasteiger partial charge in [0.15, 0.2) is 5.58 Å². The molecule has 0 radical (unpaired) electrons. The molecule has 0 saturated carbocycles. The van der Waals surface area contributed by atoms with Crippen LogP contribution in [-0.4, -0.2) is 41.1 Å². The third-order valence-electron chi connectivity index (χ3n) is 25.6. The molecular weight excluding hydrogens is 1760 g/mol. The van der Waals surface area contributed by atoms with Crippen LogP contribution in [0.3, 0.4) is 0 Å². The number of ether oxygens (including phenoxy) is 8. The first-order valence-corrected chi connectivity index (χ1v) is 48.5. The average Bonchev–Trinajstić information content (AvgIpc) is 1.18. The van der Waals surface area contributed by atoms with Crippen LogP contribution in [0.15, 0.2) is 406 Å². The van der Waals surface area contributed by atoms with Crippen LogP contribution in [0.5, 0.6) is 28.7 Å². The molecule has 1 aliphatic carbocycles. The Morgan fingerprint density at radius 3 is 1.79 bits per heavy atom. The molecule has 0 spiro atoms. The summed E-state index contributed by atoms with van der Waals surface area (Å²) >= 11 is 1.76. The smallest absolute Gasteiger partial charge is 0.223 e. The van der Waals surface area contributed by atoms with E-state index in [4.69, 9.17) is 56.7 Å². The minimum atomic E-state index is 0.609. The molecule has 19 heteroatoms. The Kier molecular flexibility index (Phi) is 27.2. The number of H-pyrrole nitrogens is 1. The summed E-state index contributed by atoms with van der Waals surface area (Å²) in [6.45, 7) is 33.4. The van der Waals surface area contributed by atoms with Crippen LogP contribution in [0.4, 0.5) is 17.1 Å². The molecule has 2 aromatic heterocycles. The molecule has 11 aliphatic heterocycles. The number of nitrogens with one attached hydrogen (secondary N) is 2. The lowest BCUT2D eigenvalue weighted by atomic mass is 9.86. The van der Waals surface area contributed by atoms with Crippen molar-refractivity contribution >= 4 is 84.9 Å². The monoisotopic (exact) mass is 1870 g/mol. The number of nitriles is 1. The molecule has 0 bridgehead atoms. The fourth-order valence-electron chi connectivity index (χ4n) is 18.5. The van der Waals surface area contributed by atoms with Gasteiger partial charge in [-0.1, -0.05) is 96.7 Å². The molecule has 0 amide bonds. The van der Waals surface area contributed by atoms with Crippen molar-refractivity contribution in [2.45, 2.75) is 134 Å². The number of imidazole rings is 1. The van der Waals surface area contributed by atoms with Gasteiger partial charge in [0, 0.05) is 124 Å². The second-order valence-corrected chi connectivity index (χ2v) is 37.0. The van der Waals surface area contributed by atoms with Crippen LogP contribution in [0, 0.1) is 18.3 Å². The van der Waals surface area contributed by atoms with Gasteiger partial charge in [0.25, 0.3) is 0 Å². The number of hydrogen-bond acceptors (Lipinski definition) is 18. The maximum Gasteiger partial charge on any atom is 0.223 e. The highest BCUT2D eigenvalue weighted by atomic mass is 32.2. The standard InChI is InChI=1S/C33H28N2O2S.C32H31N3O2.C30H30N2O3.C26H21NO3/c1-21-15-27(37-31-18-26(13-14-29(21)31)34-20-24-9-5-4-6-10-24)19-28-17-25(16-22(2)36-28)23(3)33-35-30-11-7-8-12-32(30)38-33;1-19-14-24(37-31-26-9-7-13-35-12-6-8-22(30(26)35)17-27(19)31)18-25-16-23(15-20(2)36-25)21(3)32-33-28-10-4-5-11-29(28)34-32;1-6-32(7-2)23-12-13-26-19(3)14-24(34-29(26)17-23)18-25-16-22(15-20(4)33-25)21(5)30-31-27-10-8-9-11-28(27)35-30;1-17-11-23(14-24-13-20(18(2)16-27)12-19(3)28-24)30-26-15-22(9-10-25(17)26)29-21-7-5-4-6-8-21/h4-19,35H,20H2,1-3H3;4-5,10-11,14-18H,6-9,12-13H2,1-3H3,(H,33,34);8-18H,6-7H2,1-5H3;4-15H,1-3H3/b;23-21-,24-18+;22-21-,24-18+;20-18-,23-14+. The zero-order valence-electron chi connectivity index (χ0n) is 81.3. The molecule has 700 valence electrons. The second-order valence-electron chi connectivity index (χ2n) is 35.9. The maximum absolute atomic E-state index is 9.19. The van der Waals surface area contributed by atoms with Crippen molar-refractivity contribution in [3.05, 3.63) is 449 Å². The lowest BCUT2D eigenvalue weighted by Crippen LogP contribution is -2.35. The van der Waals surface area contributed by atoms with E-state index >= 15 is 0 Å². The predicted molar refractivity (Wildman–Crippen MR) is 563 cm³/mol. The number of benzene rings is 9. The van der Waals surface area contributed by atoms with Gasteiger partial charge in [-0.05, 0) is 353 Å². The molecule has 0 fully saturated rings. The molecule has 140 heavy (non-hydrogen) atoms. The van der Waals surface area contributed by atoms with Crippen molar-refractivity contribution in [2.75, 3.05) is 41.3 Å². The average molecular weight is 1870 g/mol. The number of para-hydroxylation sites is 6. The maximum atomic E-state index is 9.19. The van der Waals surface area contributed by atoms with Crippen LogP contribution >= 0.6 is 11.8 Å². The number of nitrogens with zero attached hydrogens (tertiary/aromatic N) is 6. The van der Waals surface area contributed by atoms with E-state index in [2.05, 4.69) is 189 Å². The normalized spacial score (nSPS) is 18.6. The van der Waals surface area contributed by atoms with Gasteiger partial charge < -0.3 is 66.8 Å². The van der Waals surface area contributed by atoms with E-state index in [0.29, 0.717) is 41.0 Å². The number of rotatable bonds is 14. The molecule has 2 N–H and O–H groups in total. The first kappa shape index (κ1) is 92.9. The zero-order chi connectivity index (χ0) is 96.8.